The number of hydrogen-bond donors (Lipinski definition) is 0. The molecule has 1 atom stereocenters. The number of sulfonamides is 1. The lowest BCUT2D eigenvalue weighted by Gasteiger charge is -2.36. The Morgan fingerprint density at radius 2 is 1.91 bits per heavy atom. The zero-order chi connectivity index (χ0) is 25.0. The van der Waals surface area contributed by atoms with Crippen LogP contribution in [-0.2, 0) is 21.2 Å². The molecule has 6 nitrogen and oxygen atoms in total. The molecular weight excluding hydrogens is 511 g/mol. The van der Waals surface area contributed by atoms with Gasteiger partial charge in [0, 0.05) is 23.0 Å². The molecule has 1 amide bonds. The molecule has 0 aliphatic carbocycles. The Hall–Kier alpha value is -2.72. The molecule has 1 aliphatic rings. The molecule has 0 fully saturated rings. The van der Waals surface area contributed by atoms with Crippen LogP contribution < -0.4 is 4.74 Å². The molecule has 4 rings (SSSR count). The quantitative estimate of drug-likeness (QED) is 0.365. The smallest absolute Gasteiger partial charge is 0.243 e. The molecule has 2 aromatic carbocycles. The van der Waals surface area contributed by atoms with Gasteiger partial charge in [-0.25, -0.2) is 12.8 Å². The first kappa shape index (κ1) is 25.4. The van der Waals surface area contributed by atoms with Crippen molar-refractivity contribution >= 4 is 38.9 Å². The summed E-state index contributed by atoms with van der Waals surface area (Å²) in [6.45, 7) is 3.88. The topological polar surface area (TPSA) is 66.9 Å². The van der Waals surface area contributed by atoms with Gasteiger partial charge in [-0.3, -0.25) is 4.79 Å². The van der Waals surface area contributed by atoms with Gasteiger partial charge in [0.05, 0.1) is 17.5 Å². The Kier molecular flexibility index (Phi) is 7.91. The lowest BCUT2D eigenvalue weighted by molar-refractivity contribution is -0.135. The minimum Gasteiger partial charge on any atom is -0.491 e. The molecule has 3 aromatic rings. The Bertz CT molecular complexity index is 1290. The van der Waals surface area contributed by atoms with Crippen LogP contribution in [0.25, 0.3) is 0 Å². The molecule has 0 saturated heterocycles. The fourth-order valence-corrected chi connectivity index (χ4v) is 6.38. The normalized spacial score (nSPS) is 15.6. The van der Waals surface area contributed by atoms with Crippen LogP contribution in [0, 0.1) is 5.82 Å². The van der Waals surface area contributed by atoms with E-state index in [1.54, 1.807) is 16.2 Å². The number of thiophene rings is 1. The minimum absolute atomic E-state index is 0.0228. The van der Waals surface area contributed by atoms with Crippen molar-refractivity contribution < 1.29 is 22.3 Å². The number of carbonyl (C=O) groups excluding carboxylic acids is 1. The fraction of sp³-hybridized carbons (Fsp3) is 0.240. The van der Waals surface area contributed by atoms with E-state index in [4.69, 9.17) is 16.3 Å². The van der Waals surface area contributed by atoms with Crippen LogP contribution in [0.1, 0.15) is 16.5 Å². The van der Waals surface area contributed by atoms with Crippen LogP contribution in [0.2, 0.25) is 5.02 Å². The molecule has 184 valence electrons. The number of halogens is 2. The van der Waals surface area contributed by atoms with Gasteiger partial charge in [-0.1, -0.05) is 17.7 Å². The third-order valence-corrected chi connectivity index (χ3v) is 8.81. The maximum absolute atomic E-state index is 13.5. The first-order valence-electron chi connectivity index (χ1n) is 10.9. The maximum Gasteiger partial charge on any atom is 0.243 e. The highest BCUT2D eigenvalue weighted by atomic mass is 35.5. The van der Waals surface area contributed by atoms with E-state index < -0.39 is 16.1 Å². The molecule has 1 aliphatic heterocycles. The maximum atomic E-state index is 13.5. The van der Waals surface area contributed by atoms with Crippen molar-refractivity contribution in [2.45, 2.75) is 17.4 Å². The van der Waals surface area contributed by atoms with Gasteiger partial charge in [-0.2, -0.15) is 4.31 Å². The summed E-state index contributed by atoms with van der Waals surface area (Å²) in [4.78, 5) is 16.3. The molecule has 0 radical (unpaired) electrons. The molecule has 0 saturated carbocycles. The van der Waals surface area contributed by atoms with Gasteiger partial charge >= 0.3 is 0 Å². The van der Waals surface area contributed by atoms with Gasteiger partial charge in [0.2, 0.25) is 15.9 Å². The van der Waals surface area contributed by atoms with Crippen molar-refractivity contribution in [2.24, 2.45) is 0 Å². The number of hydrogen-bond acceptors (Lipinski definition) is 5. The Balaban J connectivity index is 1.55. The molecule has 1 aromatic heterocycles. The first-order valence-corrected chi connectivity index (χ1v) is 13.6. The fourth-order valence-electron chi connectivity index (χ4n) is 3.97. The Labute approximate surface area is 213 Å². The van der Waals surface area contributed by atoms with Crippen molar-refractivity contribution in [3.8, 4) is 5.75 Å². The molecule has 10 heteroatoms. The van der Waals surface area contributed by atoms with Crippen LogP contribution in [0.3, 0.4) is 0 Å². The van der Waals surface area contributed by atoms with Gasteiger partial charge < -0.3 is 9.64 Å². The Morgan fingerprint density at radius 1 is 1.20 bits per heavy atom. The summed E-state index contributed by atoms with van der Waals surface area (Å²) in [5.74, 6) is -0.218. The number of carbonyl (C=O) groups is 1. The molecule has 0 N–H and O–H groups in total. The molecule has 0 spiro atoms. The van der Waals surface area contributed by atoms with E-state index >= 15 is 0 Å². The molecule has 0 unspecified atom stereocenters. The summed E-state index contributed by atoms with van der Waals surface area (Å²) >= 11 is 7.52. The Morgan fingerprint density at radius 3 is 2.60 bits per heavy atom. The number of amides is 1. The van der Waals surface area contributed by atoms with Crippen molar-refractivity contribution in [3.63, 3.8) is 0 Å². The predicted molar refractivity (Wildman–Crippen MR) is 135 cm³/mol. The van der Waals surface area contributed by atoms with Crippen molar-refractivity contribution in [1.29, 1.82) is 0 Å². The summed E-state index contributed by atoms with van der Waals surface area (Å²) in [5, 5.41) is 2.39. The van der Waals surface area contributed by atoms with Gasteiger partial charge in [0.1, 0.15) is 18.2 Å². The zero-order valence-corrected chi connectivity index (χ0v) is 21.2. The van der Waals surface area contributed by atoms with Crippen LogP contribution >= 0.6 is 22.9 Å². The van der Waals surface area contributed by atoms with E-state index in [0.29, 0.717) is 23.7 Å². The van der Waals surface area contributed by atoms with E-state index in [1.165, 1.54) is 59.5 Å². The predicted octanol–water partition coefficient (Wildman–Crippen LogP) is 4.92. The van der Waals surface area contributed by atoms with Gasteiger partial charge in [0.15, 0.2) is 0 Å². The lowest BCUT2D eigenvalue weighted by atomic mass is 10.0. The molecule has 2 heterocycles. The third-order valence-electron chi connectivity index (χ3n) is 5.73. The number of nitrogens with zero attached hydrogens (tertiary/aromatic N) is 2. The van der Waals surface area contributed by atoms with Gasteiger partial charge in [0.25, 0.3) is 0 Å². The molecule has 0 bridgehead atoms. The molecular formula is C25H24ClFN2O4S2. The van der Waals surface area contributed by atoms with Crippen molar-refractivity contribution in [3.05, 3.63) is 93.9 Å². The highest BCUT2D eigenvalue weighted by Gasteiger charge is 2.35. The second-order valence-corrected chi connectivity index (χ2v) is 11.3. The average Bonchev–Trinajstić information content (AvgIpc) is 3.32. The summed E-state index contributed by atoms with van der Waals surface area (Å²) in [7, 11) is -3.95. The SMILES string of the molecule is C=CCN(CC(=O)N1CCc2sccc2[C@H]1COc1ccc(F)cc1)S(=O)(=O)c1ccc(Cl)cc1. The van der Waals surface area contributed by atoms with Crippen LogP contribution in [-0.4, -0.2) is 49.8 Å². The lowest BCUT2D eigenvalue weighted by Crippen LogP contribution is -2.47. The summed E-state index contributed by atoms with van der Waals surface area (Å²) in [6.07, 6.45) is 2.13. The average molecular weight is 535 g/mol. The van der Waals surface area contributed by atoms with Crippen molar-refractivity contribution in [2.75, 3.05) is 26.2 Å². The van der Waals surface area contributed by atoms with E-state index in [-0.39, 0.29) is 36.3 Å². The van der Waals surface area contributed by atoms with Crippen LogP contribution in [0.4, 0.5) is 4.39 Å². The highest BCUT2D eigenvalue weighted by molar-refractivity contribution is 7.89. The third kappa shape index (κ3) is 5.75. The zero-order valence-electron chi connectivity index (χ0n) is 18.8. The van der Waals surface area contributed by atoms with E-state index in [1.807, 2.05) is 11.4 Å². The summed E-state index contributed by atoms with van der Waals surface area (Å²) in [6, 6.07) is 13.1. The van der Waals surface area contributed by atoms with Gasteiger partial charge in [-0.15, -0.1) is 17.9 Å². The van der Waals surface area contributed by atoms with Crippen LogP contribution in [0.15, 0.2) is 77.5 Å². The standard InChI is InChI=1S/C25H24ClFN2O4S2/c1-2-13-28(35(31,32)21-9-3-18(26)4-10-21)16-25(30)29-14-11-24-22(12-15-34-24)23(29)17-33-20-7-5-19(27)6-8-20/h2-10,12,15,23H,1,11,13-14,16-17H2/t23-/m1/s1. The van der Waals surface area contributed by atoms with E-state index in [0.717, 1.165) is 9.87 Å². The number of ether oxygens (including phenoxy) is 1. The highest BCUT2D eigenvalue weighted by Crippen LogP contribution is 2.34. The van der Waals surface area contributed by atoms with Crippen molar-refractivity contribution in [1.82, 2.24) is 9.21 Å². The van der Waals surface area contributed by atoms with Crippen LogP contribution in [0.5, 0.6) is 5.75 Å². The summed E-state index contributed by atoms with van der Waals surface area (Å²) < 4.78 is 46.7. The summed E-state index contributed by atoms with van der Waals surface area (Å²) in [5.41, 5.74) is 0.979. The second kappa shape index (κ2) is 10.9. The number of benzene rings is 2. The largest absolute Gasteiger partial charge is 0.491 e. The monoisotopic (exact) mass is 534 g/mol. The van der Waals surface area contributed by atoms with E-state index in [2.05, 4.69) is 6.58 Å². The minimum atomic E-state index is -3.95. The number of rotatable bonds is 9. The number of fused-ring (bicyclic) bond motifs is 1. The van der Waals surface area contributed by atoms with E-state index in [9.17, 15) is 17.6 Å². The second-order valence-electron chi connectivity index (χ2n) is 7.96. The molecule has 35 heavy (non-hydrogen) atoms. The first-order chi connectivity index (χ1) is 16.8. The van der Waals surface area contributed by atoms with Gasteiger partial charge in [-0.05, 0) is 72.0 Å².